The van der Waals surface area contributed by atoms with Gasteiger partial charge >= 0.3 is 0 Å². The van der Waals surface area contributed by atoms with Gasteiger partial charge in [0, 0.05) is 26.7 Å². The Morgan fingerprint density at radius 3 is 2.52 bits per heavy atom. The second-order valence-electron chi connectivity index (χ2n) is 4.98. The number of halogens is 2. The van der Waals surface area contributed by atoms with Crippen LogP contribution >= 0.6 is 43.2 Å². The van der Waals surface area contributed by atoms with Gasteiger partial charge in [-0.15, -0.1) is 11.3 Å². The van der Waals surface area contributed by atoms with E-state index in [9.17, 15) is 0 Å². The van der Waals surface area contributed by atoms with Crippen molar-refractivity contribution in [3.63, 3.8) is 0 Å². The summed E-state index contributed by atoms with van der Waals surface area (Å²) >= 11 is 9.12. The zero-order valence-electron chi connectivity index (χ0n) is 10.9. The molecular weight excluding hydrogens is 410 g/mol. The molecule has 1 nitrogen and oxygen atoms in total. The monoisotopic (exact) mass is 419 g/mol. The van der Waals surface area contributed by atoms with E-state index in [4.69, 9.17) is 0 Å². The van der Waals surface area contributed by atoms with Gasteiger partial charge < -0.3 is 4.98 Å². The largest absolute Gasteiger partial charge is 0.355 e. The molecule has 1 unspecified atom stereocenters. The lowest BCUT2D eigenvalue weighted by molar-refractivity contribution is 1.23. The third-order valence-corrected chi connectivity index (χ3v) is 6.68. The van der Waals surface area contributed by atoms with Gasteiger partial charge in [0.2, 0.25) is 0 Å². The quantitative estimate of drug-likeness (QED) is 0.350. The number of para-hydroxylation sites is 1. The number of hydrogen-bond acceptors (Lipinski definition) is 1. The standard InChI is InChI=1S/C17H11Br2NS/c18-16-8-7-15(21-16)17(19)10-5-6-14-12(9-10)11-3-1-2-4-13(11)20-14/h1-9,17,20H. The van der Waals surface area contributed by atoms with Crippen molar-refractivity contribution in [1.29, 1.82) is 0 Å². The average Bonchev–Trinajstić information content (AvgIpc) is 3.09. The maximum atomic E-state index is 3.82. The van der Waals surface area contributed by atoms with Crippen LogP contribution in [0.25, 0.3) is 21.8 Å². The molecule has 1 N–H and O–H groups in total. The predicted octanol–water partition coefficient (Wildman–Crippen LogP) is 6.63. The van der Waals surface area contributed by atoms with Crippen molar-refractivity contribution in [2.24, 2.45) is 0 Å². The Hall–Kier alpha value is -1.10. The SMILES string of the molecule is Brc1ccc(C(Br)c2ccc3[nH]c4ccccc4c3c2)s1. The lowest BCUT2D eigenvalue weighted by Crippen LogP contribution is -1.88. The Balaban J connectivity index is 1.88. The zero-order chi connectivity index (χ0) is 14.4. The molecular formula is C17H11Br2NS. The van der Waals surface area contributed by atoms with Gasteiger partial charge in [-0.05, 0) is 51.8 Å². The number of H-pyrrole nitrogens is 1. The molecule has 0 saturated carbocycles. The number of aromatic amines is 1. The molecule has 0 radical (unpaired) electrons. The lowest BCUT2D eigenvalue weighted by atomic mass is 10.1. The number of nitrogens with one attached hydrogen (secondary N) is 1. The molecule has 2 aromatic carbocycles. The van der Waals surface area contributed by atoms with Crippen LogP contribution in [0, 0.1) is 0 Å². The molecule has 4 aromatic rings. The first kappa shape index (κ1) is 13.6. The molecule has 2 aromatic heterocycles. The summed E-state index contributed by atoms with van der Waals surface area (Å²) in [6, 6.07) is 19.3. The van der Waals surface area contributed by atoms with Gasteiger partial charge in [0.05, 0.1) is 8.61 Å². The first-order chi connectivity index (χ1) is 10.2. The molecule has 0 spiro atoms. The summed E-state index contributed by atoms with van der Waals surface area (Å²) in [5, 5.41) is 2.56. The van der Waals surface area contributed by atoms with Crippen LogP contribution in [0.15, 0.2) is 58.4 Å². The molecule has 0 aliphatic carbocycles. The molecule has 0 amide bonds. The minimum atomic E-state index is 0.229. The Bertz CT molecular complexity index is 938. The molecule has 0 aliphatic rings. The highest BCUT2D eigenvalue weighted by Crippen LogP contribution is 2.38. The summed E-state index contributed by atoms with van der Waals surface area (Å²) in [7, 11) is 0. The number of aromatic nitrogens is 1. The van der Waals surface area contributed by atoms with Crippen LogP contribution < -0.4 is 0 Å². The number of hydrogen-bond donors (Lipinski definition) is 1. The Morgan fingerprint density at radius 1 is 0.905 bits per heavy atom. The molecule has 4 heteroatoms. The summed E-state index contributed by atoms with van der Waals surface area (Å²) in [6.07, 6.45) is 0. The number of fused-ring (bicyclic) bond motifs is 3. The van der Waals surface area contributed by atoms with Gasteiger partial charge in [0.15, 0.2) is 0 Å². The van der Waals surface area contributed by atoms with Gasteiger partial charge in [0.25, 0.3) is 0 Å². The highest BCUT2D eigenvalue weighted by atomic mass is 79.9. The topological polar surface area (TPSA) is 15.8 Å². The van der Waals surface area contributed by atoms with Crippen LogP contribution in [-0.4, -0.2) is 4.98 Å². The molecule has 0 bridgehead atoms. The summed E-state index contributed by atoms with van der Waals surface area (Å²) < 4.78 is 1.16. The van der Waals surface area contributed by atoms with E-state index in [0.29, 0.717) is 0 Å². The fourth-order valence-corrected chi connectivity index (χ4v) is 4.80. The van der Waals surface area contributed by atoms with Crippen LogP contribution in [0.1, 0.15) is 15.3 Å². The third-order valence-electron chi connectivity index (χ3n) is 3.67. The van der Waals surface area contributed by atoms with E-state index in [1.807, 2.05) is 0 Å². The zero-order valence-corrected chi connectivity index (χ0v) is 14.9. The van der Waals surface area contributed by atoms with Crippen LogP contribution in [0.4, 0.5) is 0 Å². The highest BCUT2D eigenvalue weighted by molar-refractivity contribution is 9.11. The first-order valence-corrected chi connectivity index (χ1v) is 9.14. The Morgan fingerprint density at radius 2 is 1.71 bits per heavy atom. The second-order valence-corrected chi connectivity index (χ2v) is 8.39. The summed E-state index contributed by atoms with van der Waals surface area (Å²) in [5.41, 5.74) is 3.66. The van der Waals surface area contributed by atoms with Gasteiger partial charge in [-0.3, -0.25) is 0 Å². The average molecular weight is 421 g/mol. The predicted molar refractivity (Wildman–Crippen MR) is 98.6 cm³/mol. The summed E-state index contributed by atoms with van der Waals surface area (Å²) in [6.45, 7) is 0. The van der Waals surface area contributed by atoms with E-state index >= 15 is 0 Å². The number of rotatable bonds is 2. The van der Waals surface area contributed by atoms with Crippen LogP contribution in [-0.2, 0) is 0 Å². The van der Waals surface area contributed by atoms with E-state index in [2.05, 4.69) is 91.4 Å². The van der Waals surface area contributed by atoms with E-state index in [1.54, 1.807) is 11.3 Å². The molecule has 0 aliphatic heterocycles. The molecule has 104 valence electrons. The molecule has 4 rings (SSSR count). The van der Waals surface area contributed by atoms with Crippen molar-refractivity contribution in [2.75, 3.05) is 0 Å². The minimum absolute atomic E-state index is 0.229. The van der Waals surface area contributed by atoms with E-state index in [0.717, 1.165) is 3.79 Å². The second kappa shape index (κ2) is 5.27. The van der Waals surface area contributed by atoms with Crippen molar-refractivity contribution < 1.29 is 0 Å². The van der Waals surface area contributed by atoms with Gasteiger partial charge in [-0.1, -0.05) is 40.2 Å². The Kier molecular flexibility index (Phi) is 3.40. The fraction of sp³-hybridized carbons (Fsp3) is 0.0588. The van der Waals surface area contributed by atoms with Gasteiger partial charge in [-0.2, -0.15) is 0 Å². The molecule has 0 saturated heterocycles. The maximum absolute atomic E-state index is 3.82. The molecule has 2 heterocycles. The van der Waals surface area contributed by atoms with Gasteiger partial charge in [0.1, 0.15) is 0 Å². The maximum Gasteiger partial charge on any atom is 0.0738 e. The fourth-order valence-electron chi connectivity index (χ4n) is 2.65. The van der Waals surface area contributed by atoms with Crippen molar-refractivity contribution in [2.45, 2.75) is 4.83 Å². The highest BCUT2D eigenvalue weighted by Gasteiger charge is 2.14. The minimum Gasteiger partial charge on any atom is -0.355 e. The van der Waals surface area contributed by atoms with Crippen molar-refractivity contribution in [3.05, 3.63) is 68.8 Å². The molecule has 1 atom stereocenters. The summed E-state index contributed by atoms with van der Waals surface area (Å²) in [5.74, 6) is 0. The normalized spacial score (nSPS) is 13.0. The van der Waals surface area contributed by atoms with Crippen LogP contribution in [0.2, 0.25) is 0 Å². The van der Waals surface area contributed by atoms with Crippen LogP contribution in [0.3, 0.4) is 0 Å². The number of thiophene rings is 1. The Labute approximate surface area is 143 Å². The van der Waals surface area contributed by atoms with Gasteiger partial charge in [-0.25, -0.2) is 0 Å². The lowest BCUT2D eigenvalue weighted by Gasteiger charge is -2.08. The van der Waals surface area contributed by atoms with Crippen LogP contribution in [0.5, 0.6) is 0 Å². The van der Waals surface area contributed by atoms with Crippen molar-refractivity contribution in [1.82, 2.24) is 4.98 Å². The smallest absolute Gasteiger partial charge is 0.0738 e. The van der Waals surface area contributed by atoms with E-state index in [1.165, 1.54) is 32.2 Å². The molecule has 0 fully saturated rings. The first-order valence-electron chi connectivity index (χ1n) is 6.62. The summed E-state index contributed by atoms with van der Waals surface area (Å²) in [4.78, 5) is 5.00. The van der Waals surface area contributed by atoms with E-state index in [-0.39, 0.29) is 4.83 Å². The van der Waals surface area contributed by atoms with E-state index < -0.39 is 0 Å². The number of alkyl halides is 1. The molecule has 21 heavy (non-hydrogen) atoms. The van der Waals surface area contributed by atoms with Crippen molar-refractivity contribution in [3.8, 4) is 0 Å². The third kappa shape index (κ3) is 2.35. The number of benzene rings is 2. The van der Waals surface area contributed by atoms with Crippen molar-refractivity contribution >= 4 is 65.0 Å².